The minimum Gasteiger partial charge on any atom is -0.364 e. The molecule has 2 N–H and O–H groups in total. The fourth-order valence-corrected chi connectivity index (χ4v) is 1.01. The molecule has 0 saturated carbocycles. The third-order valence-corrected chi connectivity index (χ3v) is 1.47. The van der Waals surface area contributed by atoms with Crippen molar-refractivity contribution >= 4 is 0 Å². The SMILES string of the molecule is Cc1cn(C)cc1C(O)O. The Morgan fingerprint density at radius 3 is 2.20 bits per heavy atom. The standard InChI is InChI=1S/C7H11NO2/c1-5-3-8(2)4-6(5)7(9)10/h3-4,7,9-10H,1-2H3. The molecule has 1 aromatic rings. The Morgan fingerprint density at radius 1 is 1.40 bits per heavy atom. The average Bonchev–Trinajstić information content (AvgIpc) is 2.10. The molecule has 0 unspecified atom stereocenters. The van der Waals surface area contributed by atoms with Crippen molar-refractivity contribution < 1.29 is 10.2 Å². The van der Waals surface area contributed by atoms with E-state index in [4.69, 9.17) is 10.2 Å². The van der Waals surface area contributed by atoms with Gasteiger partial charge < -0.3 is 14.8 Å². The van der Waals surface area contributed by atoms with Gasteiger partial charge in [-0.25, -0.2) is 0 Å². The molecule has 0 aliphatic rings. The maximum atomic E-state index is 8.76. The maximum Gasteiger partial charge on any atom is 0.180 e. The fourth-order valence-electron chi connectivity index (χ4n) is 1.01. The third-order valence-electron chi connectivity index (χ3n) is 1.47. The van der Waals surface area contributed by atoms with Gasteiger partial charge in [-0.15, -0.1) is 0 Å². The lowest BCUT2D eigenvalue weighted by Crippen LogP contribution is -1.94. The second-order valence-electron chi connectivity index (χ2n) is 2.44. The average molecular weight is 141 g/mol. The van der Waals surface area contributed by atoms with E-state index in [1.54, 1.807) is 10.8 Å². The normalized spacial score (nSPS) is 10.9. The number of rotatable bonds is 1. The highest BCUT2D eigenvalue weighted by Gasteiger charge is 2.06. The summed E-state index contributed by atoms with van der Waals surface area (Å²) in [4.78, 5) is 0. The predicted molar refractivity (Wildman–Crippen MR) is 37.3 cm³/mol. The molecule has 1 aromatic heterocycles. The van der Waals surface area contributed by atoms with Gasteiger partial charge in [0, 0.05) is 25.0 Å². The zero-order chi connectivity index (χ0) is 7.72. The molecular weight excluding hydrogens is 130 g/mol. The fraction of sp³-hybridized carbons (Fsp3) is 0.429. The molecule has 1 heterocycles. The number of nitrogens with zero attached hydrogens (tertiary/aromatic N) is 1. The number of aromatic nitrogens is 1. The molecule has 3 heteroatoms. The van der Waals surface area contributed by atoms with Crippen molar-refractivity contribution in [1.82, 2.24) is 4.57 Å². The number of aliphatic hydroxyl groups excluding tert-OH is 1. The van der Waals surface area contributed by atoms with Crippen LogP contribution < -0.4 is 0 Å². The molecule has 0 spiro atoms. The Hall–Kier alpha value is -0.800. The van der Waals surface area contributed by atoms with Crippen LogP contribution in [0.4, 0.5) is 0 Å². The Bertz CT molecular complexity index is 228. The van der Waals surface area contributed by atoms with Crippen LogP contribution in [-0.4, -0.2) is 14.8 Å². The first-order chi connectivity index (χ1) is 4.61. The van der Waals surface area contributed by atoms with E-state index >= 15 is 0 Å². The minimum absolute atomic E-state index is 0.572. The summed E-state index contributed by atoms with van der Waals surface area (Å²) < 4.78 is 1.80. The molecule has 0 aromatic carbocycles. The quantitative estimate of drug-likeness (QED) is 0.553. The molecule has 0 aliphatic carbocycles. The van der Waals surface area contributed by atoms with E-state index in [1.807, 2.05) is 20.2 Å². The van der Waals surface area contributed by atoms with E-state index in [1.165, 1.54) is 0 Å². The summed E-state index contributed by atoms with van der Waals surface area (Å²) in [5.74, 6) is 0. The molecule has 3 nitrogen and oxygen atoms in total. The maximum absolute atomic E-state index is 8.76. The molecule has 0 amide bonds. The van der Waals surface area contributed by atoms with Gasteiger partial charge >= 0.3 is 0 Å². The van der Waals surface area contributed by atoms with Crippen LogP contribution >= 0.6 is 0 Å². The van der Waals surface area contributed by atoms with E-state index in [-0.39, 0.29) is 0 Å². The number of aliphatic hydroxyl groups is 2. The van der Waals surface area contributed by atoms with E-state index in [0.29, 0.717) is 5.56 Å². The van der Waals surface area contributed by atoms with Crippen LogP contribution in [0.3, 0.4) is 0 Å². The lowest BCUT2D eigenvalue weighted by molar-refractivity contribution is -0.0428. The van der Waals surface area contributed by atoms with Crippen LogP contribution in [0.15, 0.2) is 12.4 Å². The van der Waals surface area contributed by atoms with E-state index < -0.39 is 6.29 Å². The third kappa shape index (κ3) is 1.20. The highest BCUT2D eigenvalue weighted by molar-refractivity contribution is 5.23. The van der Waals surface area contributed by atoms with Crippen LogP contribution in [0.2, 0.25) is 0 Å². The van der Waals surface area contributed by atoms with Crippen molar-refractivity contribution in [3.8, 4) is 0 Å². The van der Waals surface area contributed by atoms with Crippen molar-refractivity contribution in [3.63, 3.8) is 0 Å². The molecule has 0 saturated heterocycles. The summed E-state index contributed by atoms with van der Waals surface area (Å²) >= 11 is 0. The largest absolute Gasteiger partial charge is 0.364 e. The molecule has 0 atom stereocenters. The van der Waals surface area contributed by atoms with E-state index in [9.17, 15) is 0 Å². The Morgan fingerprint density at radius 2 is 2.00 bits per heavy atom. The van der Waals surface area contributed by atoms with Gasteiger partial charge in [0.15, 0.2) is 6.29 Å². The summed E-state index contributed by atoms with van der Waals surface area (Å²) in [5, 5.41) is 17.5. The highest BCUT2D eigenvalue weighted by Crippen LogP contribution is 2.14. The highest BCUT2D eigenvalue weighted by atomic mass is 16.5. The van der Waals surface area contributed by atoms with Crippen LogP contribution in [0.1, 0.15) is 17.4 Å². The zero-order valence-corrected chi connectivity index (χ0v) is 6.07. The first kappa shape index (κ1) is 7.31. The summed E-state index contributed by atoms with van der Waals surface area (Å²) in [6.45, 7) is 1.84. The molecule has 1 rings (SSSR count). The van der Waals surface area contributed by atoms with Gasteiger partial charge in [-0.1, -0.05) is 0 Å². The summed E-state index contributed by atoms with van der Waals surface area (Å²) in [6.07, 6.45) is 2.19. The molecule has 56 valence electrons. The second kappa shape index (κ2) is 2.44. The molecular formula is C7H11NO2. The predicted octanol–water partition coefficient (Wildman–Crippen LogP) is 0.317. The molecule has 0 aliphatic heterocycles. The summed E-state index contributed by atoms with van der Waals surface area (Å²) in [6, 6.07) is 0. The van der Waals surface area contributed by atoms with Crippen molar-refractivity contribution in [3.05, 3.63) is 23.5 Å². The van der Waals surface area contributed by atoms with Gasteiger partial charge in [-0.05, 0) is 12.5 Å². The number of hydrogen-bond donors (Lipinski definition) is 2. The van der Waals surface area contributed by atoms with Gasteiger partial charge in [-0.2, -0.15) is 0 Å². The van der Waals surface area contributed by atoms with E-state index in [2.05, 4.69) is 0 Å². The lowest BCUT2D eigenvalue weighted by atomic mass is 10.2. The van der Waals surface area contributed by atoms with Gasteiger partial charge in [0.25, 0.3) is 0 Å². The van der Waals surface area contributed by atoms with Crippen molar-refractivity contribution in [2.45, 2.75) is 13.2 Å². The minimum atomic E-state index is -1.35. The molecule has 0 radical (unpaired) electrons. The van der Waals surface area contributed by atoms with Gasteiger partial charge in [-0.3, -0.25) is 0 Å². The van der Waals surface area contributed by atoms with Gasteiger partial charge in [0.05, 0.1) is 0 Å². The first-order valence-electron chi connectivity index (χ1n) is 3.10. The van der Waals surface area contributed by atoms with Crippen LogP contribution in [0.25, 0.3) is 0 Å². The van der Waals surface area contributed by atoms with Crippen molar-refractivity contribution in [1.29, 1.82) is 0 Å². The van der Waals surface area contributed by atoms with Crippen LogP contribution in [0.5, 0.6) is 0 Å². The first-order valence-corrected chi connectivity index (χ1v) is 3.10. The second-order valence-corrected chi connectivity index (χ2v) is 2.44. The van der Waals surface area contributed by atoms with E-state index in [0.717, 1.165) is 5.56 Å². The number of hydrogen-bond acceptors (Lipinski definition) is 2. The smallest absolute Gasteiger partial charge is 0.180 e. The monoisotopic (exact) mass is 141 g/mol. The summed E-state index contributed by atoms with van der Waals surface area (Å²) in [5.41, 5.74) is 1.47. The molecule has 10 heavy (non-hydrogen) atoms. The Balaban J connectivity index is 3.03. The topological polar surface area (TPSA) is 45.4 Å². The Kier molecular flexibility index (Phi) is 1.78. The van der Waals surface area contributed by atoms with Crippen LogP contribution in [0, 0.1) is 6.92 Å². The van der Waals surface area contributed by atoms with Crippen molar-refractivity contribution in [2.24, 2.45) is 7.05 Å². The van der Waals surface area contributed by atoms with Gasteiger partial charge in [0.2, 0.25) is 0 Å². The lowest BCUT2D eigenvalue weighted by Gasteiger charge is -1.99. The molecule has 0 fully saturated rings. The zero-order valence-electron chi connectivity index (χ0n) is 6.07. The summed E-state index contributed by atoms with van der Waals surface area (Å²) in [7, 11) is 1.85. The van der Waals surface area contributed by atoms with Crippen LogP contribution in [-0.2, 0) is 7.05 Å². The Labute approximate surface area is 59.5 Å². The van der Waals surface area contributed by atoms with Gasteiger partial charge in [0.1, 0.15) is 0 Å². The molecule has 0 bridgehead atoms. The number of aryl methyl sites for hydroxylation is 2. The van der Waals surface area contributed by atoms with Crippen molar-refractivity contribution in [2.75, 3.05) is 0 Å².